The van der Waals surface area contributed by atoms with Gasteiger partial charge >= 0.3 is 5.51 Å². The fraction of sp³-hybridized carbons (Fsp3) is 0.619. The molecule has 142 valence electrons. The highest BCUT2D eigenvalue weighted by molar-refractivity contribution is 8.00. The van der Waals surface area contributed by atoms with Crippen LogP contribution >= 0.6 is 11.8 Å². The van der Waals surface area contributed by atoms with E-state index in [0.29, 0.717) is 23.1 Å². The first-order valence-electron chi connectivity index (χ1n) is 9.54. The van der Waals surface area contributed by atoms with E-state index in [1.54, 1.807) is 24.3 Å². The lowest BCUT2D eigenvalue weighted by Gasteiger charge is -2.60. The van der Waals surface area contributed by atoms with E-state index in [1.807, 2.05) is 0 Å². The van der Waals surface area contributed by atoms with Crippen molar-refractivity contribution in [2.75, 3.05) is 0 Å². The van der Waals surface area contributed by atoms with Crippen LogP contribution in [-0.4, -0.2) is 11.1 Å². The predicted molar refractivity (Wildman–Crippen MR) is 99.1 cm³/mol. The van der Waals surface area contributed by atoms with Gasteiger partial charge in [0, 0.05) is 0 Å². The molecule has 26 heavy (non-hydrogen) atoms. The average Bonchev–Trinajstić information content (AvgIpc) is 2.57. The van der Waals surface area contributed by atoms with E-state index in [4.69, 9.17) is 4.74 Å². The van der Waals surface area contributed by atoms with Crippen molar-refractivity contribution < 1.29 is 17.9 Å². The highest BCUT2D eigenvalue weighted by Gasteiger charge is 2.58. The van der Waals surface area contributed by atoms with Crippen LogP contribution in [0.1, 0.15) is 51.0 Å². The molecule has 1 nitrogen and oxygen atoms in total. The normalized spacial score (nSPS) is 35.5. The van der Waals surface area contributed by atoms with Crippen molar-refractivity contribution in [2.24, 2.45) is 23.7 Å². The molecule has 4 bridgehead atoms. The molecule has 1 aromatic carbocycles. The maximum Gasteiger partial charge on any atom is 0.446 e. The van der Waals surface area contributed by atoms with Gasteiger partial charge in [0.05, 0.1) is 4.90 Å². The van der Waals surface area contributed by atoms with Gasteiger partial charge in [-0.25, -0.2) is 0 Å². The second-order valence-corrected chi connectivity index (χ2v) is 9.28. The highest BCUT2D eigenvalue weighted by Crippen LogP contribution is 2.61. The van der Waals surface area contributed by atoms with E-state index in [0.717, 1.165) is 18.3 Å². The zero-order valence-electron chi connectivity index (χ0n) is 15.0. The van der Waals surface area contributed by atoms with Gasteiger partial charge in [-0.2, -0.15) is 13.2 Å². The van der Waals surface area contributed by atoms with Gasteiger partial charge < -0.3 is 4.74 Å². The molecule has 0 saturated heterocycles. The Bertz CT molecular complexity index is 669. The van der Waals surface area contributed by atoms with Crippen LogP contribution in [0.4, 0.5) is 13.2 Å². The first-order valence-corrected chi connectivity index (χ1v) is 10.4. The third kappa shape index (κ3) is 3.17. The summed E-state index contributed by atoms with van der Waals surface area (Å²) in [4.78, 5) is 0.150. The minimum Gasteiger partial charge on any atom is -0.486 e. The highest BCUT2D eigenvalue weighted by atomic mass is 32.2. The average molecular weight is 382 g/mol. The molecule has 0 aliphatic heterocycles. The van der Waals surface area contributed by atoms with Crippen molar-refractivity contribution in [1.82, 2.24) is 0 Å². The van der Waals surface area contributed by atoms with Crippen molar-refractivity contribution in [1.29, 1.82) is 0 Å². The Labute approximate surface area is 157 Å². The Kier molecular flexibility index (Phi) is 4.57. The molecule has 5 heteroatoms. The molecule has 5 rings (SSSR count). The standard InChI is InChI=1S/C21H25F3OS/c1-3-13-5-6-18(19(12-13)26-21(22,23)24)25-20(4-2)16-8-14-7-15(10-16)11-17(20)9-14/h3,5-6,12,14-17H,1,4,7-11H2,2H3. The van der Waals surface area contributed by atoms with Crippen molar-refractivity contribution in [3.63, 3.8) is 0 Å². The summed E-state index contributed by atoms with van der Waals surface area (Å²) in [6, 6.07) is 5.04. The maximum absolute atomic E-state index is 13.1. The van der Waals surface area contributed by atoms with E-state index in [1.165, 1.54) is 32.1 Å². The lowest BCUT2D eigenvalue weighted by Crippen LogP contribution is -2.60. The third-order valence-corrected chi connectivity index (χ3v) is 7.57. The molecule has 4 saturated carbocycles. The molecule has 0 aromatic heterocycles. The van der Waals surface area contributed by atoms with Crippen molar-refractivity contribution in [2.45, 2.75) is 61.5 Å². The van der Waals surface area contributed by atoms with Crippen LogP contribution in [0.3, 0.4) is 0 Å². The summed E-state index contributed by atoms with van der Waals surface area (Å²) in [6.07, 6.45) is 8.47. The van der Waals surface area contributed by atoms with Gasteiger partial charge in [0.1, 0.15) is 11.4 Å². The minimum atomic E-state index is -4.33. The second-order valence-electron chi connectivity index (χ2n) is 8.17. The molecule has 0 N–H and O–H groups in total. The molecule has 4 aliphatic carbocycles. The van der Waals surface area contributed by atoms with E-state index < -0.39 is 5.51 Å². The lowest BCUT2D eigenvalue weighted by atomic mass is 9.49. The number of hydrogen-bond donors (Lipinski definition) is 0. The Balaban J connectivity index is 1.68. The first kappa shape index (κ1) is 18.3. The molecule has 0 atom stereocenters. The van der Waals surface area contributed by atoms with Gasteiger partial charge in [0.25, 0.3) is 0 Å². The lowest BCUT2D eigenvalue weighted by molar-refractivity contribution is -0.158. The van der Waals surface area contributed by atoms with Crippen molar-refractivity contribution >= 4 is 17.8 Å². The fourth-order valence-electron chi connectivity index (χ4n) is 5.94. The number of alkyl halides is 3. The number of benzene rings is 1. The van der Waals surface area contributed by atoms with Gasteiger partial charge in [-0.05, 0) is 91.7 Å². The van der Waals surface area contributed by atoms with Gasteiger partial charge in [-0.15, -0.1) is 0 Å². The van der Waals surface area contributed by atoms with Gasteiger partial charge in [-0.1, -0.05) is 25.6 Å². The summed E-state index contributed by atoms with van der Waals surface area (Å²) in [5, 5.41) is 0. The monoisotopic (exact) mass is 382 g/mol. The van der Waals surface area contributed by atoms with Crippen LogP contribution in [0.5, 0.6) is 5.75 Å². The molecular weight excluding hydrogens is 357 g/mol. The molecule has 0 amide bonds. The van der Waals surface area contributed by atoms with E-state index in [9.17, 15) is 13.2 Å². The molecule has 4 fully saturated rings. The molecule has 0 heterocycles. The molecule has 0 radical (unpaired) electrons. The minimum absolute atomic E-state index is 0.0807. The summed E-state index contributed by atoms with van der Waals surface area (Å²) in [7, 11) is 0. The van der Waals surface area contributed by atoms with Gasteiger partial charge in [-0.3, -0.25) is 0 Å². The van der Waals surface area contributed by atoms with Crippen LogP contribution in [0.2, 0.25) is 0 Å². The first-order chi connectivity index (χ1) is 12.3. The number of rotatable bonds is 5. The Hall–Kier alpha value is -1.10. The molecule has 0 spiro atoms. The van der Waals surface area contributed by atoms with Crippen LogP contribution in [-0.2, 0) is 0 Å². The topological polar surface area (TPSA) is 9.23 Å². The van der Waals surface area contributed by atoms with Crippen LogP contribution in [0.25, 0.3) is 6.08 Å². The molecule has 0 unspecified atom stereocenters. The summed E-state index contributed by atoms with van der Waals surface area (Å²) in [5.41, 5.74) is -3.95. The largest absolute Gasteiger partial charge is 0.486 e. The second kappa shape index (κ2) is 6.50. The fourth-order valence-corrected chi connectivity index (χ4v) is 6.60. The molecule has 1 aromatic rings. The summed E-state index contributed by atoms with van der Waals surface area (Å²) < 4.78 is 45.8. The van der Waals surface area contributed by atoms with E-state index >= 15 is 0 Å². The van der Waals surface area contributed by atoms with Crippen LogP contribution < -0.4 is 4.74 Å². The summed E-state index contributed by atoms with van der Waals surface area (Å²) >= 11 is -0.0807. The third-order valence-electron chi connectivity index (χ3n) is 6.80. The number of hydrogen-bond acceptors (Lipinski definition) is 2. The van der Waals surface area contributed by atoms with Crippen molar-refractivity contribution in [3.05, 3.63) is 30.3 Å². The molecule has 4 aliphatic rings. The van der Waals surface area contributed by atoms with E-state index in [-0.39, 0.29) is 22.3 Å². The summed E-state index contributed by atoms with van der Waals surface area (Å²) in [6.45, 7) is 5.81. The van der Waals surface area contributed by atoms with Gasteiger partial charge in [0.2, 0.25) is 0 Å². The summed E-state index contributed by atoms with van der Waals surface area (Å²) in [5.74, 6) is 2.94. The number of halogens is 3. The SMILES string of the molecule is C=Cc1ccc(OC2(CC)C3CC4CC(C3)CC2C4)c(SC(F)(F)F)c1. The number of thioether (sulfide) groups is 1. The number of ether oxygens (including phenoxy) is 1. The Morgan fingerprint density at radius 2 is 1.77 bits per heavy atom. The smallest absolute Gasteiger partial charge is 0.446 e. The van der Waals surface area contributed by atoms with Gasteiger partial charge in [0.15, 0.2) is 0 Å². The molecular formula is C21H25F3OS. The van der Waals surface area contributed by atoms with Crippen LogP contribution in [0.15, 0.2) is 29.7 Å². The van der Waals surface area contributed by atoms with E-state index in [2.05, 4.69) is 13.5 Å². The Morgan fingerprint density at radius 1 is 1.15 bits per heavy atom. The predicted octanol–water partition coefficient (Wildman–Crippen LogP) is 6.93. The zero-order chi connectivity index (χ0) is 18.5. The maximum atomic E-state index is 13.1. The Morgan fingerprint density at radius 3 is 2.27 bits per heavy atom. The quantitative estimate of drug-likeness (QED) is 0.511. The van der Waals surface area contributed by atoms with Crippen molar-refractivity contribution in [3.8, 4) is 5.75 Å². The van der Waals surface area contributed by atoms with Crippen LogP contribution in [0, 0.1) is 23.7 Å². The zero-order valence-corrected chi connectivity index (χ0v) is 15.8.